The second-order valence-electron chi connectivity index (χ2n) is 6.26. The zero-order valence-corrected chi connectivity index (χ0v) is 13.5. The van der Waals surface area contributed by atoms with Gasteiger partial charge in [0, 0.05) is 6.04 Å². The molecule has 0 spiro atoms. The van der Waals surface area contributed by atoms with Crippen molar-refractivity contribution in [3.05, 3.63) is 29.8 Å². The molecule has 2 N–H and O–H groups in total. The SMILES string of the molecule is CC(Oc1cccc(CO)c1)C(=O)NC(C)C1CCCCC1. The number of hydrogen-bond donors (Lipinski definition) is 2. The Morgan fingerprint density at radius 1 is 1.32 bits per heavy atom. The molecule has 2 unspecified atom stereocenters. The van der Waals surface area contributed by atoms with E-state index >= 15 is 0 Å². The van der Waals surface area contributed by atoms with E-state index < -0.39 is 6.10 Å². The van der Waals surface area contributed by atoms with E-state index in [1.165, 1.54) is 32.1 Å². The normalized spacial score (nSPS) is 18.5. The zero-order valence-electron chi connectivity index (χ0n) is 13.5. The van der Waals surface area contributed by atoms with Gasteiger partial charge < -0.3 is 15.2 Å². The van der Waals surface area contributed by atoms with Crippen LogP contribution in [-0.2, 0) is 11.4 Å². The first-order valence-corrected chi connectivity index (χ1v) is 8.27. The number of amides is 1. The zero-order chi connectivity index (χ0) is 15.9. The molecule has 2 atom stereocenters. The molecule has 4 nitrogen and oxygen atoms in total. The first kappa shape index (κ1) is 16.8. The number of carbonyl (C=O) groups is 1. The minimum Gasteiger partial charge on any atom is -0.481 e. The topological polar surface area (TPSA) is 58.6 Å². The van der Waals surface area contributed by atoms with Gasteiger partial charge in [0.05, 0.1) is 6.61 Å². The van der Waals surface area contributed by atoms with Crippen LogP contribution < -0.4 is 10.1 Å². The van der Waals surface area contributed by atoms with Gasteiger partial charge in [-0.2, -0.15) is 0 Å². The minimum absolute atomic E-state index is 0.0313. The molecule has 22 heavy (non-hydrogen) atoms. The van der Waals surface area contributed by atoms with Gasteiger partial charge in [-0.25, -0.2) is 0 Å². The number of hydrogen-bond acceptors (Lipinski definition) is 3. The van der Waals surface area contributed by atoms with E-state index in [9.17, 15) is 4.79 Å². The summed E-state index contributed by atoms with van der Waals surface area (Å²) in [5.74, 6) is 1.12. The number of ether oxygens (including phenoxy) is 1. The quantitative estimate of drug-likeness (QED) is 0.849. The Morgan fingerprint density at radius 3 is 2.73 bits per heavy atom. The highest BCUT2D eigenvalue weighted by molar-refractivity contribution is 5.81. The van der Waals surface area contributed by atoms with Crippen molar-refractivity contribution in [2.75, 3.05) is 0 Å². The van der Waals surface area contributed by atoms with Crippen LogP contribution >= 0.6 is 0 Å². The third-order valence-electron chi connectivity index (χ3n) is 4.49. The Balaban J connectivity index is 1.85. The molecule has 1 aliphatic carbocycles. The summed E-state index contributed by atoms with van der Waals surface area (Å²) in [5.41, 5.74) is 0.778. The second kappa shape index (κ2) is 8.18. The number of carbonyl (C=O) groups excluding carboxylic acids is 1. The second-order valence-corrected chi connectivity index (χ2v) is 6.26. The Morgan fingerprint density at radius 2 is 2.05 bits per heavy atom. The van der Waals surface area contributed by atoms with Crippen molar-refractivity contribution in [2.24, 2.45) is 5.92 Å². The van der Waals surface area contributed by atoms with Gasteiger partial charge in [-0.05, 0) is 50.3 Å². The fraction of sp³-hybridized carbons (Fsp3) is 0.611. The van der Waals surface area contributed by atoms with Crippen molar-refractivity contribution in [1.29, 1.82) is 0 Å². The molecule has 2 rings (SSSR count). The van der Waals surface area contributed by atoms with Gasteiger partial charge in [0.25, 0.3) is 5.91 Å². The molecule has 1 aliphatic rings. The fourth-order valence-corrected chi connectivity index (χ4v) is 3.07. The van der Waals surface area contributed by atoms with Crippen molar-refractivity contribution in [3.63, 3.8) is 0 Å². The van der Waals surface area contributed by atoms with Crippen LogP contribution in [0, 0.1) is 5.92 Å². The van der Waals surface area contributed by atoms with E-state index in [4.69, 9.17) is 9.84 Å². The summed E-state index contributed by atoms with van der Waals surface area (Å²) < 4.78 is 5.68. The Labute approximate surface area is 132 Å². The molecular formula is C18H27NO3. The number of aliphatic hydroxyl groups is 1. The summed E-state index contributed by atoms with van der Waals surface area (Å²) in [6.45, 7) is 3.82. The highest BCUT2D eigenvalue weighted by atomic mass is 16.5. The first-order valence-electron chi connectivity index (χ1n) is 8.27. The third-order valence-corrected chi connectivity index (χ3v) is 4.49. The lowest BCUT2D eigenvalue weighted by Gasteiger charge is -2.29. The summed E-state index contributed by atoms with van der Waals surface area (Å²) in [6, 6.07) is 7.39. The molecule has 1 aromatic carbocycles. The van der Waals surface area contributed by atoms with Gasteiger partial charge in [0.15, 0.2) is 6.10 Å². The van der Waals surface area contributed by atoms with Crippen molar-refractivity contribution in [3.8, 4) is 5.75 Å². The maximum absolute atomic E-state index is 12.3. The maximum atomic E-state index is 12.3. The first-order chi connectivity index (χ1) is 10.6. The Hall–Kier alpha value is -1.55. The predicted octanol–water partition coefficient (Wildman–Crippen LogP) is 3.03. The summed E-state index contributed by atoms with van der Waals surface area (Å²) in [7, 11) is 0. The van der Waals surface area contributed by atoms with Crippen molar-refractivity contribution >= 4 is 5.91 Å². The molecule has 1 saturated carbocycles. The Bertz CT molecular complexity index is 483. The van der Waals surface area contributed by atoms with Gasteiger partial charge >= 0.3 is 0 Å². The van der Waals surface area contributed by atoms with Crippen LogP contribution in [0.2, 0.25) is 0 Å². The smallest absolute Gasteiger partial charge is 0.260 e. The average molecular weight is 305 g/mol. The molecular weight excluding hydrogens is 278 g/mol. The molecule has 1 amide bonds. The van der Waals surface area contributed by atoms with E-state index in [0.29, 0.717) is 11.7 Å². The van der Waals surface area contributed by atoms with Crippen LogP contribution in [0.25, 0.3) is 0 Å². The lowest BCUT2D eigenvalue weighted by Crippen LogP contribution is -2.44. The summed E-state index contributed by atoms with van der Waals surface area (Å²) >= 11 is 0. The van der Waals surface area contributed by atoms with Crippen molar-refractivity contribution in [2.45, 2.75) is 64.7 Å². The predicted molar refractivity (Wildman–Crippen MR) is 86.6 cm³/mol. The Kier molecular flexibility index (Phi) is 6.25. The molecule has 0 bridgehead atoms. The minimum atomic E-state index is -0.542. The van der Waals surface area contributed by atoms with Crippen LogP contribution in [0.1, 0.15) is 51.5 Å². The lowest BCUT2D eigenvalue weighted by molar-refractivity contribution is -0.128. The van der Waals surface area contributed by atoms with Crippen LogP contribution in [0.5, 0.6) is 5.75 Å². The van der Waals surface area contributed by atoms with Crippen molar-refractivity contribution in [1.82, 2.24) is 5.32 Å². The third kappa shape index (κ3) is 4.73. The number of nitrogens with one attached hydrogen (secondary N) is 1. The van der Waals surface area contributed by atoms with Crippen LogP contribution in [0.4, 0.5) is 0 Å². The van der Waals surface area contributed by atoms with Crippen LogP contribution in [0.3, 0.4) is 0 Å². The average Bonchev–Trinajstić information content (AvgIpc) is 2.55. The van der Waals surface area contributed by atoms with E-state index in [1.54, 1.807) is 19.1 Å². The number of benzene rings is 1. The fourth-order valence-electron chi connectivity index (χ4n) is 3.07. The molecule has 1 fully saturated rings. The van der Waals surface area contributed by atoms with E-state index in [2.05, 4.69) is 12.2 Å². The molecule has 1 aromatic rings. The lowest BCUT2D eigenvalue weighted by atomic mass is 9.84. The van der Waals surface area contributed by atoms with Gasteiger partial charge in [-0.3, -0.25) is 4.79 Å². The monoisotopic (exact) mass is 305 g/mol. The van der Waals surface area contributed by atoms with Crippen LogP contribution in [0.15, 0.2) is 24.3 Å². The standard InChI is InChI=1S/C18H27NO3/c1-13(16-8-4-3-5-9-16)19-18(21)14(2)22-17-10-6-7-15(11-17)12-20/h6-7,10-11,13-14,16,20H,3-5,8-9,12H2,1-2H3,(H,19,21). The number of rotatable bonds is 6. The molecule has 0 aromatic heterocycles. The summed E-state index contributed by atoms with van der Waals surface area (Å²) in [6.07, 6.45) is 5.72. The van der Waals surface area contributed by atoms with Crippen molar-refractivity contribution < 1.29 is 14.6 Å². The van der Waals surface area contributed by atoms with E-state index in [1.807, 2.05) is 12.1 Å². The molecule has 0 saturated heterocycles. The van der Waals surface area contributed by atoms with Gasteiger partial charge in [0.1, 0.15) is 5.75 Å². The van der Waals surface area contributed by atoms with Gasteiger partial charge in [-0.15, -0.1) is 0 Å². The molecule has 0 radical (unpaired) electrons. The molecule has 0 aliphatic heterocycles. The van der Waals surface area contributed by atoms with Crippen LogP contribution in [-0.4, -0.2) is 23.2 Å². The summed E-state index contributed by atoms with van der Waals surface area (Å²) in [4.78, 5) is 12.3. The molecule has 4 heteroatoms. The molecule has 0 heterocycles. The van der Waals surface area contributed by atoms with Gasteiger partial charge in [-0.1, -0.05) is 31.4 Å². The van der Waals surface area contributed by atoms with E-state index in [-0.39, 0.29) is 18.6 Å². The number of aliphatic hydroxyl groups excluding tert-OH is 1. The van der Waals surface area contributed by atoms with E-state index in [0.717, 1.165) is 5.56 Å². The van der Waals surface area contributed by atoms with Gasteiger partial charge in [0.2, 0.25) is 0 Å². The maximum Gasteiger partial charge on any atom is 0.260 e. The highest BCUT2D eigenvalue weighted by Gasteiger charge is 2.24. The largest absolute Gasteiger partial charge is 0.481 e. The molecule has 122 valence electrons. The summed E-state index contributed by atoms with van der Waals surface area (Å²) in [5, 5.41) is 12.2. The highest BCUT2D eigenvalue weighted by Crippen LogP contribution is 2.26.